The number of benzene rings is 2. The van der Waals surface area contributed by atoms with Crippen LogP contribution in [0.5, 0.6) is 0 Å². The van der Waals surface area contributed by atoms with Crippen molar-refractivity contribution in [3.8, 4) is 11.5 Å². The third kappa shape index (κ3) is 6.14. The number of amides is 2. The number of nitrogens with zero attached hydrogens (tertiary/aromatic N) is 2. The topological polar surface area (TPSA) is 75.4 Å². The van der Waals surface area contributed by atoms with Crippen LogP contribution in [-0.2, 0) is 15.3 Å². The molecule has 6 nitrogen and oxygen atoms in total. The van der Waals surface area contributed by atoms with Gasteiger partial charge in [0.1, 0.15) is 6.26 Å². The van der Waals surface area contributed by atoms with Gasteiger partial charge in [-0.05, 0) is 30.5 Å². The maximum atomic E-state index is 12.3. The van der Waals surface area contributed by atoms with Crippen molar-refractivity contribution in [2.45, 2.75) is 10.6 Å². The Kier molecular flexibility index (Phi) is 7.98. The van der Waals surface area contributed by atoms with E-state index in [1.165, 1.54) is 16.7 Å². The highest BCUT2D eigenvalue weighted by Gasteiger charge is 2.15. The Morgan fingerprint density at radius 2 is 1.83 bits per heavy atom. The number of hydrogen-bond acceptors (Lipinski definition) is 6. The van der Waals surface area contributed by atoms with E-state index in [-0.39, 0.29) is 24.1 Å². The van der Waals surface area contributed by atoms with Gasteiger partial charge in [0.25, 0.3) is 0 Å². The number of rotatable bonds is 9. The van der Waals surface area contributed by atoms with Crippen molar-refractivity contribution in [2.75, 3.05) is 30.9 Å². The van der Waals surface area contributed by atoms with Crippen molar-refractivity contribution in [1.82, 2.24) is 9.88 Å². The van der Waals surface area contributed by atoms with Crippen LogP contribution in [0.2, 0.25) is 0 Å². The SMILES string of the molecule is CSc1ccccc1NC(=O)CN(C)C(=O)CSCc1coc(-c2ccccc2)n1. The minimum absolute atomic E-state index is 0.00419. The molecule has 0 spiro atoms. The molecule has 1 N–H and O–H groups in total. The van der Waals surface area contributed by atoms with E-state index in [4.69, 9.17) is 4.42 Å². The van der Waals surface area contributed by atoms with Gasteiger partial charge < -0.3 is 14.6 Å². The lowest BCUT2D eigenvalue weighted by Gasteiger charge is -2.17. The molecule has 1 heterocycles. The second kappa shape index (κ2) is 10.9. The summed E-state index contributed by atoms with van der Waals surface area (Å²) in [6.45, 7) is 0.00419. The van der Waals surface area contributed by atoms with E-state index >= 15 is 0 Å². The number of para-hydroxylation sites is 1. The van der Waals surface area contributed by atoms with Crippen LogP contribution in [0.4, 0.5) is 5.69 Å². The maximum absolute atomic E-state index is 12.3. The van der Waals surface area contributed by atoms with Crippen LogP contribution in [0.1, 0.15) is 5.69 Å². The molecule has 0 unspecified atom stereocenters. The fourth-order valence-electron chi connectivity index (χ4n) is 2.68. The minimum Gasteiger partial charge on any atom is -0.444 e. The van der Waals surface area contributed by atoms with Crippen LogP contribution in [0.15, 0.2) is 70.2 Å². The second-order valence-electron chi connectivity index (χ2n) is 6.50. The van der Waals surface area contributed by atoms with Crippen molar-refractivity contribution >= 4 is 41.0 Å². The number of carbonyl (C=O) groups is 2. The number of aromatic nitrogens is 1. The largest absolute Gasteiger partial charge is 0.444 e. The molecule has 0 saturated heterocycles. The molecule has 8 heteroatoms. The van der Waals surface area contributed by atoms with Crippen LogP contribution < -0.4 is 5.32 Å². The lowest BCUT2D eigenvalue weighted by molar-refractivity contribution is -0.131. The molecular formula is C22H23N3O3S2. The Labute approximate surface area is 184 Å². The van der Waals surface area contributed by atoms with E-state index in [0.717, 1.165) is 21.8 Å². The van der Waals surface area contributed by atoms with E-state index < -0.39 is 0 Å². The zero-order valence-corrected chi connectivity index (χ0v) is 18.5. The van der Waals surface area contributed by atoms with Gasteiger partial charge in [-0.1, -0.05) is 30.3 Å². The molecule has 0 bridgehead atoms. The molecule has 0 aliphatic heterocycles. The first-order valence-corrected chi connectivity index (χ1v) is 11.7. The Bertz CT molecular complexity index is 992. The average Bonchev–Trinajstić information content (AvgIpc) is 3.23. The van der Waals surface area contributed by atoms with Gasteiger partial charge in [0, 0.05) is 23.3 Å². The Morgan fingerprint density at radius 1 is 1.10 bits per heavy atom. The van der Waals surface area contributed by atoms with E-state index in [1.54, 1.807) is 25.1 Å². The molecule has 0 radical (unpaired) electrons. The summed E-state index contributed by atoms with van der Waals surface area (Å²) in [5, 5.41) is 2.86. The van der Waals surface area contributed by atoms with Crippen LogP contribution in [-0.4, -0.2) is 47.3 Å². The van der Waals surface area contributed by atoms with Crippen molar-refractivity contribution in [1.29, 1.82) is 0 Å². The van der Waals surface area contributed by atoms with Gasteiger partial charge in [0.2, 0.25) is 17.7 Å². The Morgan fingerprint density at radius 3 is 2.60 bits per heavy atom. The monoisotopic (exact) mass is 441 g/mol. The van der Waals surface area contributed by atoms with Crippen LogP contribution >= 0.6 is 23.5 Å². The van der Waals surface area contributed by atoms with Gasteiger partial charge >= 0.3 is 0 Å². The first kappa shape index (κ1) is 22.0. The lowest BCUT2D eigenvalue weighted by Crippen LogP contribution is -2.36. The van der Waals surface area contributed by atoms with Gasteiger partial charge in [-0.15, -0.1) is 23.5 Å². The Balaban J connectivity index is 1.43. The van der Waals surface area contributed by atoms with E-state index in [9.17, 15) is 9.59 Å². The summed E-state index contributed by atoms with van der Waals surface area (Å²) in [6.07, 6.45) is 3.57. The fraction of sp³-hybridized carbons (Fsp3) is 0.227. The number of nitrogens with one attached hydrogen (secondary N) is 1. The highest BCUT2D eigenvalue weighted by Crippen LogP contribution is 2.24. The van der Waals surface area contributed by atoms with Gasteiger partial charge in [-0.25, -0.2) is 4.98 Å². The summed E-state index contributed by atoms with van der Waals surface area (Å²) >= 11 is 3.00. The number of anilines is 1. The molecule has 0 aliphatic carbocycles. The standard InChI is InChI=1S/C22H23N3O3S2/c1-25(12-20(26)24-18-10-6-7-11-19(18)29-2)21(27)15-30-14-17-13-28-22(23-17)16-8-4-3-5-9-16/h3-11,13H,12,14-15H2,1-2H3,(H,24,26). The maximum Gasteiger partial charge on any atom is 0.244 e. The average molecular weight is 442 g/mol. The van der Waals surface area contributed by atoms with Crippen LogP contribution in [0.25, 0.3) is 11.5 Å². The van der Waals surface area contributed by atoms with Crippen molar-refractivity contribution in [2.24, 2.45) is 0 Å². The van der Waals surface area contributed by atoms with E-state index in [2.05, 4.69) is 10.3 Å². The lowest BCUT2D eigenvalue weighted by atomic mass is 10.2. The molecule has 156 valence electrons. The highest BCUT2D eigenvalue weighted by molar-refractivity contribution is 7.99. The molecule has 0 aliphatic rings. The van der Waals surface area contributed by atoms with Gasteiger partial charge in [0.05, 0.1) is 23.7 Å². The van der Waals surface area contributed by atoms with Gasteiger partial charge in [-0.3, -0.25) is 9.59 Å². The Hall–Kier alpha value is -2.71. The van der Waals surface area contributed by atoms with Crippen molar-refractivity contribution in [3.63, 3.8) is 0 Å². The number of hydrogen-bond donors (Lipinski definition) is 1. The van der Waals surface area contributed by atoms with E-state index in [0.29, 0.717) is 11.6 Å². The summed E-state index contributed by atoms with van der Waals surface area (Å²) in [6, 6.07) is 17.2. The van der Waals surface area contributed by atoms with Gasteiger partial charge in [-0.2, -0.15) is 0 Å². The molecule has 2 amide bonds. The molecule has 0 saturated carbocycles. The molecular weight excluding hydrogens is 418 g/mol. The minimum atomic E-state index is -0.221. The number of likely N-dealkylation sites (N-methyl/N-ethyl adjacent to an activating group) is 1. The van der Waals surface area contributed by atoms with Crippen LogP contribution in [0, 0.1) is 0 Å². The molecule has 0 fully saturated rings. The fourth-order valence-corrected chi connectivity index (χ4v) is 4.07. The van der Waals surface area contributed by atoms with Gasteiger partial charge in [0.15, 0.2) is 0 Å². The van der Waals surface area contributed by atoms with Crippen molar-refractivity contribution in [3.05, 3.63) is 66.6 Å². The normalized spacial score (nSPS) is 10.6. The van der Waals surface area contributed by atoms with Crippen molar-refractivity contribution < 1.29 is 14.0 Å². The summed E-state index contributed by atoms with van der Waals surface area (Å²) in [5.41, 5.74) is 2.45. The first-order chi connectivity index (χ1) is 14.6. The molecule has 2 aromatic carbocycles. The number of thioether (sulfide) groups is 2. The molecule has 0 atom stereocenters. The highest BCUT2D eigenvalue weighted by atomic mass is 32.2. The third-order valence-electron chi connectivity index (χ3n) is 4.24. The summed E-state index contributed by atoms with van der Waals surface area (Å²) in [4.78, 5) is 31.5. The summed E-state index contributed by atoms with van der Waals surface area (Å²) in [5.74, 6) is 1.06. The molecule has 1 aromatic heterocycles. The number of oxazole rings is 1. The quantitative estimate of drug-likeness (QED) is 0.496. The van der Waals surface area contributed by atoms with E-state index in [1.807, 2.05) is 60.9 Å². The predicted molar refractivity (Wildman–Crippen MR) is 123 cm³/mol. The molecule has 30 heavy (non-hydrogen) atoms. The third-order valence-corrected chi connectivity index (χ3v) is 5.98. The summed E-state index contributed by atoms with van der Waals surface area (Å²) < 4.78 is 5.51. The zero-order valence-electron chi connectivity index (χ0n) is 16.8. The molecule has 3 rings (SSSR count). The number of carbonyl (C=O) groups excluding carboxylic acids is 2. The second-order valence-corrected chi connectivity index (χ2v) is 8.33. The van der Waals surface area contributed by atoms with Crippen LogP contribution in [0.3, 0.4) is 0 Å². The predicted octanol–water partition coefficient (Wildman–Crippen LogP) is 4.39. The summed E-state index contributed by atoms with van der Waals surface area (Å²) in [7, 11) is 1.63. The smallest absolute Gasteiger partial charge is 0.244 e. The first-order valence-electron chi connectivity index (χ1n) is 9.31. The zero-order chi connectivity index (χ0) is 21.3. The molecule has 3 aromatic rings.